The second kappa shape index (κ2) is 10.8. The Morgan fingerprint density at radius 1 is 0.842 bits per heavy atom. The first-order valence-electron chi connectivity index (χ1n) is 12.0. The van der Waals surface area contributed by atoms with Crippen molar-refractivity contribution in [2.24, 2.45) is 5.10 Å². The molecule has 5 rings (SSSR count). The van der Waals surface area contributed by atoms with Crippen LogP contribution >= 0.6 is 0 Å². The van der Waals surface area contributed by atoms with Gasteiger partial charge in [0.05, 0.1) is 22.5 Å². The lowest BCUT2D eigenvalue weighted by Crippen LogP contribution is -2.18. The molecule has 186 valence electrons. The average Bonchev–Trinajstić information content (AvgIpc) is 3.33. The quantitative estimate of drug-likeness (QED) is 0.152. The normalized spacial score (nSPS) is 11.0. The van der Waals surface area contributed by atoms with Gasteiger partial charge in [0.2, 0.25) is 0 Å². The lowest BCUT2D eigenvalue weighted by molar-refractivity contribution is -0.384. The second-order valence-electron chi connectivity index (χ2n) is 8.69. The molecule has 5 aromatic rings. The Morgan fingerprint density at radius 2 is 1.45 bits per heavy atom. The standard InChI is InChI=1S/C31H24N4O3/c1-22-10-8-9-15-28(22)31(36)33-32-21-25-20-29(23-11-4-2-5-12-23)34(30(25)24-13-6-3-7-14-24)26-16-18-27(19-17-26)35(37)38/h2-21H,1H3,(H,33,36)/b32-21+. The molecule has 0 atom stereocenters. The van der Waals surface area contributed by atoms with E-state index in [1.165, 1.54) is 12.1 Å². The van der Waals surface area contributed by atoms with Gasteiger partial charge in [-0.1, -0.05) is 78.9 Å². The molecule has 0 bridgehead atoms. The van der Waals surface area contributed by atoms with Gasteiger partial charge in [-0.15, -0.1) is 0 Å². The number of nitrogens with one attached hydrogen (secondary N) is 1. The Bertz CT molecular complexity index is 1620. The minimum absolute atomic E-state index is 0.0177. The van der Waals surface area contributed by atoms with Crippen LogP contribution in [0.1, 0.15) is 21.5 Å². The van der Waals surface area contributed by atoms with Gasteiger partial charge in [0.25, 0.3) is 11.6 Å². The van der Waals surface area contributed by atoms with Crippen LogP contribution in [0, 0.1) is 17.0 Å². The summed E-state index contributed by atoms with van der Waals surface area (Å²) in [4.78, 5) is 23.6. The average molecular weight is 501 g/mol. The SMILES string of the molecule is Cc1ccccc1C(=O)N/N=C/c1cc(-c2ccccc2)n(-c2ccc([N+](=O)[O-])cc2)c1-c1ccccc1. The van der Waals surface area contributed by atoms with Crippen LogP contribution in [-0.2, 0) is 0 Å². The number of aromatic nitrogens is 1. The van der Waals surface area contributed by atoms with Gasteiger partial charge < -0.3 is 4.57 Å². The van der Waals surface area contributed by atoms with Crippen molar-refractivity contribution in [2.45, 2.75) is 6.92 Å². The number of rotatable bonds is 7. The van der Waals surface area contributed by atoms with E-state index < -0.39 is 4.92 Å². The number of non-ortho nitro benzene ring substituents is 1. The molecule has 1 amide bonds. The monoisotopic (exact) mass is 500 g/mol. The molecule has 0 fully saturated rings. The number of amides is 1. The van der Waals surface area contributed by atoms with E-state index in [9.17, 15) is 14.9 Å². The third-order valence-electron chi connectivity index (χ3n) is 6.23. The number of hydrogen-bond donors (Lipinski definition) is 1. The molecule has 0 aliphatic rings. The highest BCUT2D eigenvalue weighted by atomic mass is 16.6. The van der Waals surface area contributed by atoms with Crippen LogP contribution in [0.5, 0.6) is 0 Å². The van der Waals surface area contributed by atoms with Crippen molar-refractivity contribution in [1.82, 2.24) is 9.99 Å². The van der Waals surface area contributed by atoms with Crippen molar-refractivity contribution in [3.63, 3.8) is 0 Å². The summed E-state index contributed by atoms with van der Waals surface area (Å²) in [7, 11) is 0. The zero-order valence-corrected chi connectivity index (χ0v) is 20.6. The molecule has 1 heterocycles. The summed E-state index contributed by atoms with van der Waals surface area (Å²) in [5.74, 6) is -0.293. The van der Waals surface area contributed by atoms with Crippen LogP contribution in [0.25, 0.3) is 28.2 Å². The van der Waals surface area contributed by atoms with Gasteiger partial charge in [-0.3, -0.25) is 14.9 Å². The van der Waals surface area contributed by atoms with E-state index >= 15 is 0 Å². The maximum absolute atomic E-state index is 12.7. The molecule has 38 heavy (non-hydrogen) atoms. The molecule has 1 aromatic heterocycles. The van der Waals surface area contributed by atoms with Crippen LogP contribution < -0.4 is 5.43 Å². The molecule has 0 saturated heterocycles. The van der Waals surface area contributed by atoms with Gasteiger partial charge in [-0.25, -0.2) is 5.43 Å². The molecule has 7 nitrogen and oxygen atoms in total. The first-order chi connectivity index (χ1) is 18.5. The van der Waals surface area contributed by atoms with E-state index in [-0.39, 0.29) is 11.6 Å². The van der Waals surface area contributed by atoms with Crippen LogP contribution in [-0.4, -0.2) is 21.6 Å². The van der Waals surface area contributed by atoms with Gasteiger partial charge in [-0.2, -0.15) is 5.10 Å². The van der Waals surface area contributed by atoms with Crippen LogP contribution in [0.2, 0.25) is 0 Å². The highest BCUT2D eigenvalue weighted by Crippen LogP contribution is 2.35. The highest BCUT2D eigenvalue weighted by molar-refractivity contribution is 5.97. The van der Waals surface area contributed by atoms with Gasteiger partial charge in [0.1, 0.15) is 0 Å². The maximum Gasteiger partial charge on any atom is 0.271 e. The molecule has 0 spiro atoms. The summed E-state index contributed by atoms with van der Waals surface area (Å²) in [5.41, 5.74) is 9.23. The Balaban J connectivity index is 1.65. The number of carbonyl (C=O) groups is 1. The fourth-order valence-electron chi connectivity index (χ4n) is 4.38. The zero-order valence-electron chi connectivity index (χ0n) is 20.6. The molecule has 1 N–H and O–H groups in total. The minimum atomic E-state index is -0.412. The molecule has 0 unspecified atom stereocenters. The number of carbonyl (C=O) groups excluding carboxylic acids is 1. The number of nitro benzene ring substituents is 1. The van der Waals surface area contributed by atoms with Crippen molar-refractivity contribution in [3.05, 3.63) is 142 Å². The topological polar surface area (TPSA) is 89.5 Å². The zero-order chi connectivity index (χ0) is 26.5. The Kier molecular flexibility index (Phi) is 6.91. The van der Waals surface area contributed by atoms with Gasteiger partial charge in [-0.05, 0) is 47.9 Å². The summed E-state index contributed by atoms with van der Waals surface area (Å²) in [5, 5.41) is 15.6. The van der Waals surface area contributed by atoms with E-state index in [0.29, 0.717) is 5.56 Å². The summed E-state index contributed by atoms with van der Waals surface area (Å²) in [6.45, 7) is 1.88. The molecule has 0 aliphatic carbocycles. The van der Waals surface area contributed by atoms with Crippen LogP contribution in [0.15, 0.2) is 120 Å². The van der Waals surface area contributed by atoms with Crippen molar-refractivity contribution < 1.29 is 9.72 Å². The van der Waals surface area contributed by atoms with Crippen molar-refractivity contribution in [1.29, 1.82) is 0 Å². The van der Waals surface area contributed by atoms with E-state index in [4.69, 9.17) is 0 Å². The van der Waals surface area contributed by atoms with E-state index in [1.807, 2.05) is 91.9 Å². The largest absolute Gasteiger partial charge is 0.309 e. The predicted molar refractivity (Wildman–Crippen MR) is 150 cm³/mol. The summed E-state index contributed by atoms with van der Waals surface area (Å²) < 4.78 is 2.05. The van der Waals surface area contributed by atoms with Crippen molar-refractivity contribution in [3.8, 4) is 28.2 Å². The van der Waals surface area contributed by atoms with Crippen LogP contribution in [0.4, 0.5) is 5.69 Å². The molecule has 4 aromatic carbocycles. The van der Waals surface area contributed by atoms with Crippen molar-refractivity contribution in [2.75, 3.05) is 0 Å². The lowest BCUT2D eigenvalue weighted by atomic mass is 10.1. The number of benzene rings is 4. The molecule has 7 heteroatoms. The van der Waals surface area contributed by atoms with Crippen molar-refractivity contribution >= 4 is 17.8 Å². The third-order valence-corrected chi connectivity index (χ3v) is 6.23. The smallest absolute Gasteiger partial charge is 0.271 e. The second-order valence-corrected chi connectivity index (χ2v) is 8.69. The summed E-state index contributed by atoms with van der Waals surface area (Å²) in [6.07, 6.45) is 1.63. The first-order valence-corrected chi connectivity index (χ1v) is 12.0. The fourth-order valence-corrected chi connectivity index (χ4v) is 4.38. The Hall–Kier alpha value is -5.30. The molecular formula is C31H24N4O3. The molecule has 0 saturated carbocycles. The number of aryl methyl sites for hydroxylation is 1. The number of nitro groups is 1. The number of nitrogens with zero attached hydrogens (tertiary/aromatic N) is 3. The van der Waals surface area contributed by atoms with Crippen LogP contribution in [0.3, 0.4) is 0 Å². The van der Waals surface area contributed by atoms with E-state index in [0.717, 1.165) is 39.3 Å². The molecular weight excluding hydrogens is 476 g/mol. The number of hydrazone groups is 1. The van der Waals surface area contributed by atoms with Gasteiger partial charge in [0, 0.05) is 28.9 Å². The van der Waals surface area contributed by atoms with Gasteiger partial charge >= 0.3 is 0 Å². The van der Waals surface area contributed by atoms with E-state index in [2.05, 4.69) is 15.1 Å². The predicted octanol–water partition coefficient (Wildman–Crippen LogP) is 6.79. The Morgan fingerprint density at radius 3 is 2.08 bits per heavy atom. The number of hydrogen-bond acceptors (Lipinski definition) is 4. The lowest BCUT2D eigenvalue weighted by Gasteiger charge is -2.15. The maximum atomic E-state index is 12.7. The highest BCUT2D eigenvalue weighted by Gasteiger charge is 2.19. The third kappa shape index (κ3) is 4.99. The molecule has 0 aliphatic heterocycles. The van der Waals surface area contributed by atoms with Gasteiger partial charge in [0.15, 0.2) is 0 Å². The minimum Gasteiger partial charge on any atom is -0.309 e. The Labute approximate surface area is 219 Å². The molecule has 0 radical (unpaired) electrons. The summed E-state index contributed by atoms with van der Waals surface area (Å²) >= 11 is 0. The summed E-state index contributed by atoms with van der Waals surface area (Å²) in [6, 6.07) is 35.5. The van der Waals surface area contributed by atoms with E-state index in [1.54, 1.807) is 24.4 Å². The fraction of sp³-hybridized carbons (Fsp3) is 0.0323. The first kappa shape index (κ1) is 24.4.